The summed E-state index contributed by atoms with van der Waals surface area (Å²) in [5, 5.41) is 3.45. The molecule has 3 heteroatoms. The van der Waals surface area contributed by atoms with Crippen molar-refractivity contribution in [3.05, 3.63) is 29.3 Å². The largest absolute Gasteiger partial charge is 0.496 e. The number of ether oxygens (including phenoxy) is 1. The fourth-order valence-electron chi connectivity index (χ4n) is 3.05. The van der Waals surface area contributed by atoms with Crippen molar-refractivity contribution in [3.8, 4) is 5.75 Å². The molecule has 3 N–H and O–H groups in total. The van der Waals surface area contributed by atoms with E-state index in [4.69, 9.17) is 10.5 Å². The minimum Gasteiger partial charge on any atom is -0.496 e. The van der Waals surface area contributed by atoms with Crippen LogP contribution in [0.25, 0.3) is 0 Å². The summed E-state index contributed by atoms with van der Waals surface area (Å²) in [7, 11) is 3.77. The molecule has 1 aliphatic carbocycles. The van der Waals surface area contributed by atoms with E-state index >= 15 is 0 Å². The van der Waals surface area contributed by atoms with Crippen molar-refractivity contribution >= 4 is 0 Å². The fraction of sp³-hybridized carbons (Fsp3) is 0.625. The number of methoxy groups -OCH3 is 1. The van der Waals surface area contributed by atoms with E-state index in [0.29, 0.717) is 23.9 Å². The summed E-state index contributed by atoms with van der Waals surface area (Å²) in [4.78, 5) is 0. The Labute approximate surface area is 116 Å². The average Bonchev–Trinajstić information content (AvgIpc) is 2.37. The van der Waals surface area contributed by atoms with Crippen LogP contribution in [0, 0.1) is 5.92 Å². The molecule has 0 amide bonds. The molecule has 0 spiro atoms. The van der Waals surface area contributed by atoms with Crippen LogP contribution in [-0.4, -0.2) is 20.2 Å². The number of hydrogen-bond acceptors (Lipinski definition) is 3. The predicted molar refractivity (Wildman–Crippen MR) is 79.6 cm³/mol. The monoisotopic (exact) mass is 262 g/mol. The van der Waals surface area contributed by atoms with Gasteiger partial charge in [-0.2, -0.15) is 0 Å². The molecule has 0 aromatic heterocycles. The third-order valence-electron chi connectivity index (χ3n) is 4.23. The molecule has 1 aromatic carbocycles. The lowest BCUT2D eigenvalue weighted by Gasteiger charge is -2.39. The molecule has 2 rings (SSSR count). The number of benzene rings is 1. The minimum absolute atomic E-state index is 0.392. The van der Waals surface area contributed by atoms with Gasteiger partial charge in [-0.1, -0.05) is 26.0 Å². The maximum atomic E-state index is 5.92. The Kier molecular flexibility index (Phi) is 4.48. The third kappa shape index (κ3) is 2.93. The molecule has 0 heterocycles. The van der Waals surface area contributed by atoms with Crippen LogP contribution in [-0.2, 0) is 0 Å². The summed E-state index contributed by atoms with van der Waals surface area (Å²) in [6.07, 6.45) is 2.24. The van der Waals surface area contributed by atoms with Gasteiger partial charge in [0.1, 0.15) is 5.75 Å². The van der Waals surface area contributed by atoms with Crippen LogP contribution in [0.1, 0.15) is 49.8 Å². The smallest absolute Gasteiger partial charge is 0.122 e. The van der Waals surface area contributed by atoms with Crippen molar-refractivity contribution in [1.82, 2.24) is 5.32 Å². The van der Waals surface area contributed by atoms with Crippen molar-refractivity contribution in [1.29, 1.82) is 0 Å². The highest BCUT2D eigenvalue weighted by Gasteiger charge is 2.33. The van der Waals surface area contributed by atoms with Crippen molar-refractivity contribution in [3.63, 3.8) is 0 Å². The van der Waals surface area contributed by atoms with Gasteiger partial charge in [-0.15, -0.1) is 0 Å². The quantitative estimate of drug-likeness (QED) is 0.858. The van der Waals surface area contributed by atoms with E-state index in [1.54, 1.807) is 7.11 Å². The molecule has 1 fully saturated rings. The summed E-state index contributed by atoms with van der Waals surface area (Å²) in [6, 6.07) is 7.35. The highest BCUT2D eigenvalue weighted by Crippen LogP contribution is 2.38. The van der Waals surface area contributed by atoms with E-state index in [9.17, 15) is 0 Å². The van der Waals surface area contributed by atoms with Gasteiger partial charge in [0.2, 0.25) is 0 Å². The molecule has 0 radical (unpaired) electrons. The molecule has 0 saturated heterocycles. The lowest BCUT2D eigenvalue weighted by molar-refractivity contribution is 0.204. The van der Waals surface area contributed by atoms with Crippen LogP contribution in [0.2, 0.25) is 0 Å². The Morgan fingerprint density at radius 1 is 1.32 bits per heavy atom. The van der Waals surface area contributed by atoms with Gasteiger partial charge in [0.15, 0.2) is 0 Å². The molecular formula is C16H26N2O. The van der Waals surface area contributed by atoms with Crippen molar-refractivity contribution in [2.24, 2.45) is 11.7 Å². The average molecular weight is 262 g/mol. The van der Waals surface area contributed by atoms with Gasteiger partial charge in [-0.3, -0.25) is 0 Å². The topological polar surface area (TPSA) is 47.3 Å². The number of rotatable bonds is 5. The van der Waals surface area contributed by atoms with E-state index in [2.05, 4.69) is 37.4 Å². The first kappa shape index (κ1) is 14.4. The Balaban J connectivity index is 2.25. The summed E-state index contributed by atoms with van der Waals surface area (Å²) in [5.74, 6) is 2.11. The summed E-state index contributed by atoms with van der Waals surface area (Å²) < 4.78 is 5.45. The van der Waals surface area contributed by atoms with Crippen LogP contribution in [0.5, 0.6) is 5.75 Å². The molecule has 1 saturated carbocycles. The van der Waals surface area contributed by atoms with Crippen LogP contribution in [0.4, 0.5) is 0 Å². The zero-order valence-electron chi connectivity index (χ0n) is 12.4. The van der Waals surface area contributed by atoms with Crippen LogP contribution in [0.3, 0.4) is 0 Å². The Hall–Kier alpha value is -1.06. The Morgan fingerprint density at radius 3 is 2.47 bits per heavy atom. The first-order valence-electron chi connectivity index (χ1n) is 7.17. The predicted octanol–water partition coefficient (Wildman–Crippen LogP) is 2.82. The molecule has 106 valence electrons. The maximum absolute atomic E-state index is 5.92. The third-order valence-corrected chi connectivity index (χ3v) is 4.23. The SMILES string of the molecule is CNC(c1ccc(OC)c(C(C)C)c1)C1CC(N)C1. The first-order valence-corrected chi connectivity index (χ1v) is 7.17. The lowest BCUT2D eigenvalue weighted by Crippen LogP contribution is -2.42. The van der Waals surface area contributed by atoms with E-state index in [-0.39, 0.29) is 0 Å². The zero-order valence-corrected chi connectivity index (χ0v) is 12.4. The van der Waals surface area contributed by atoms with E-state index < -0.39 is 0 Å². The number of nitrogens with two attached hydrogens (primary N) is 1. The van der Waals surface area contributed by atoms with Gasteiger partial charge in [-0.05, 0) is 48.9 Å². The fourth-order valence-corrected chi connectivity index (χ4v) is 3.05. The maximum Gasteiger partial charge on any atom is 0.122 e. The molecule has 3 nitrogen and oxygen atoms in total. The number of hydrogen-bond donors (Lipinski definition) is 2. The van der Waals surface area contributed by atoms with E-state index in [1.165, 1.54) is 11.1 Å². The van der Waals surface area contributed by atoms with Gasteiger partial charge >= 0.3 is 0 Å². The van der Waals surface area contributed by atoms with Gasteiger partial charge in [0.25, 0.3) is 0 Å². The van der Waals surface area contributed by atoms with Gasteiger partial charge in [0.05, 0.1) is 7.11 Å². The summed E-state index contributed by atoms with van der Waals surface area (Å²) in [6.45, 7) is 4.41. The molecule has 1 aromatic rings. The molecular weight excluding hydrogens is 236 g/mol. The second-order valence-electron chi connectivity index (χ2n) is 5.91. The molecule has 0 bridgehead atoms. The second kappa shape index (κ2) is 5.93. The Bertz CT molecular complexity index is 425. The van der Waals surface area contributed by atoms with Gasteiger partial charge in [-0.25, -0.2) is 0 Å². The van der Waals surface area contributed by atoms with Crippen molar-refractivity contribution in [2.45, 2.75) is 44.7 Å². The van der Waals surface area contributed by atoms with Crippen molar-refractivity contribution < 1.29 is 4.74 Å². The normalized spacial score (nSPS) is 24.1. The molecule has 19 heavy (non-hydrogen) atoms. The highest BCUT2D eigenvalue weighted by atomic mass is 16.5. The summed E-state index contributed by atoms with van der Waals surface area (Å²) >= 11 is 0. The zero-order chi connectivity index (χ0) is 14.0. The van der Waals surface area contributed by atoms with Gasteiger partial charge in [0, 0.05) is 12.1 Å². The van der Waals surface area contributed by atoms with Crippen molar-refractivity contribution in [2.75, 3.05) is 14.2 Å². The highest BCUT2D eigenvalue weighted by molar-refractivity contribution is 5.40. The Morgan fingerprint density at radius 2 is 2.00 bits per heavy atom. The second-order valence-corrected chi connectivity index (χ2v) is 5.91. The molecule has 1 atom stereocenters. The molecule has 0 aliphatic heterocycles. The first-order chi connectivity index (χ1) is 9.06. The number of nitrogens with one attached hydrogen (secondary N) is 1. The van der Waals surface area contributed by atoms with Crippen LogP contribution >= 0.6 is 0 Å². The van der Waals surface area contributed by atoms with E-state index in [0.717, 1.165) is 18.6 Å². The molecule has 1 aliphatic rings. The van der Waals surface area contributed by atoms with Gasteiger partial charge < -0.3 is 15.8 Å². The molecule has 1 unspecified atom stereocenters. The summed E-state index contributed by atoms with van der Waals surface area (Å²) in [5.41, 5.74) is 8.55. The van der Waals surface area contributed by atoms with Crippen LogP contribution < -0.4 is 15.8 Å². The lowest BCUT2D eigenvalue weighted by atomic mass is 9.73. The minimum atomic E-state index is 0.392. The standard InChI is InChI=1S/C16H26N2O/c1-10(2)14-9-11(5-6-15(14)19-4)16(18-3)12-7-13(17)8-12/h5-6,9-10,12-13,16,18H,7-8,17H2,1-4H3. The van der Waals surface area contributed by atoms with E-state index in [1.807, 2.05) is 7.05 Å². The van der Waals surface area contributed by atoms with Crippen LogP contribution in [0.15, 0.2) is 18.2 Å².